The third-order valence-corrected chi connectivity index (χ3v) is 4.78. The van der Waals surface area contributed by atoms with Crippen LogP contribution in [0.1, 0.15) is 33.6 Å². The maximum atomic E-state index is 12.6. The number of carbonyl (C=O) groups excluding carboxylic acids is 1. The van der Waals surface area contributed by atoms with Crippen molar-refractivity contribution in [3.63, 3.8) is 0 Å². The van der Waals surface area contributed by atoms with Gasteiger partial charge in [0.2, 0.25) is 0 Å². The summed E-state index contributed by atoms with van der Waals surface area (Å²) in [6.07, 6.45) is -0.00296. The van der Waals surface area contributed by atoms with Crippen LogP contribution >= 0.6 is 0 Å². The van der Waals surface area contributed by atoms with Crippen molar-refractivity contribution in [2.45, 2.75) is 44.1 Å². The number of hydrogen-bond acceptors (Lipinski definition) is 7. The van der Waals surface area contributed by atoms with Gasteiger partial charge < -0.3 is 10.1 Å². The molecule has 1 aromatic carbocycles. The number of nitrogens with two attached hydrogens (primary N) is 1. The number of nitro groups is 2. The highest BCUT2D eigenvalue weighted by Gasteiger charge is 2.20. The number of nitrogens with one attached hydrogen (secondary N) is 1. The lowest BCUT2D eigenvalue weighted by Gasteiger charge is -2.19. The van der Waals surface area contributed by atoms with Gasteiger partial charge in [-0.15, -0.1) is 0 Å². The number of rotatable bonds is 7. The van der Waals surface area contributed by atoms with Crippen molar-refractivity contribution in [1.29, 1.82) is 0 Å². The fraction of sp³-hybridized carbons (Fsp3) is 0.467. The van der Waals surface area contributed by atoms with Crippen LogP contribution in [0.3, 0.4) is 0 Å². The molecule has 0 saturated carbocycles. The third-order valence-electron chi connectivity index (χ3n) is 3.08. The van der Waals surface area contributed by atoms with Crippen molar-refractivity contribution in [2.75, 3.05) is 6.54 Å². The molecule has 0 aliphatic heterocycles. The first-order chi connectivity index (χ1) is 12.3. The highest BCUT2D eigenvalue weighted by molar-refractivity contribution is 7.99. The molecule has 0 bridgehead atoms. The van der Waals surface area contributed by atoms with Gasteiger partial charge in [-0.1, -0.05) is 0 Å². The number of carbonyl (C=O) groups is 1. The molecule has 0 aliphatic rings. The largest absolute Gasteiger partial charge is 0.444 e. The standard InChI is InChI=1S/C15H22N4O7S/c1-15(2,3)26-14(20)17-6-4-5-7-27(16,25)13-9-11(18(21)22)8-12(10-13)19(23)24/h7-10H,4-6H2,1-3H3,(H2,16,25)(H,17,20). The van der Waals surface area contributed by atoms with E-state index in [1.54, 1.807) is 20.8 Å². The van der Waals surface area contributed by atoms with Gasteiger partial charge in [-0.3, -0.25) is 25.4 Å². The van der Waals surface area contributed by atoms with Gasteiger partial charge in [0.1, 0.15) is 5.60 Å². The van der Waals surface area contributed by atoms with E-state index in [2.05, 4.69) is 5.32 Å². The Hall–Kier alpha value is -2.73. The molecule has 0 spiro atoms. The number of nitrogens with zero attached hydrogens (tertiary/aromatic N) is 2. The number of non-ortho nitro benzene ring substituents is 2. The molecule has 0 aromatic heterocycles. The molecule has 27 heavy (non-hydrogen) atoms. The number of unbranched alkanes of at least 4 members (excludes halogenated alkanes) is 1. The van der Waals surface area contributed by atoms with Gasteiger partial charge in [0.15, 0.2) is 0 Å². The van der Waals surface area contributed by atoms with E-state index in [9.17, 15) is 29.2 Å². The van der Waals surface area contributed by atoms with Crippen LogP contribution in [0.5, 0.6) is 0 Å². The third kappa shape index (κ3) is 7.58. The van der Waals surface area contributed by atoms with Crippen molar-refractivity contribution in [2.24, 2.45) is 5.14 Å². The molecule has 11 nitrogen and oxygen atoms in total. The first-order valence-electron chi connectivity index (χ1n) is 7.88. The number of ether oxygens (including phenoxy) is 1. The maximum absolute atomic E-state index is 12.6. The zero-order valence-electron chi connectivity index (χ0n) is 15.2. The molecular weight excluding hydrogens is 380 g/mol. The Morgan fingerprint density at radius 2 is 1.74 bits per heavy atom. The van der Waals surface area contributed by atoms with Gasteiger partial charge in [0.05, 0.1) is 30.5 Å². The van der Waals surface area contributed by atoms with Crippen molar-refractivity contribution >= 4 is 32.5 Å². The van der Waals surface area contributed by atoms with E-state index in [1.807, 2.05) is 0 Å². The zero-order valence-corrected chi connectivity index (χ0v) is 16.0. The minimum atomic E-state index is -3.33. The molecule has 3 N–H and O–H groups in total. The normalized spacial score (nSPS) is 13.3. The van der Waals surface area contributed by atoms with Gasteiger partial charge in [-0.25, -0.2) is 9.00 Å². The Bertz CT molecular complexity index is 822. The van der Waals surface area contributed by atoms with Crippen LogP contribution in [-0.2, 0) is 14.4 Å². The Morgan fingerprint density at radius 1 is 1.22 bits per heavy atom. The number of nitro benzene ring substituents is 2. The molecule has 150 valence electrons. The smallest absolute Gasteiger partial charge is 0.407 e. The van der Waals surface area contributed by atoms with Crippen molar-refractivity contribution in [3.05, 3.63) is 38.4 Å². The van der Waals surface area contributed by atoms with Crippen LogP contribution in [0, 0.1) is 20.2 Å². The average Bonchev–Trinajstić information content (AvgIpc) is 2.52. The van der Waals surface area contributed by atoms with Crippen LogP contribution in [-0.4, -0.2) is 37.7 Å². The summed E-state index contributed by atoms with van der Waals surface area (Å²) in [5.41, 5.74) is -1.77. The second-order valence-electron chi connectivity index (χ2n) is 6.58. The highest BCUT2D eigenvalue weighted by atomic mass is 32.2. The van der Waals surface area contributed by atoms with Gasteiger partial charge in [-0.05, 0) is 39.0 Å². The van der Waals surface area contributed by atoms with Gasteiger partial charge >= 0.3 is 6.09 Å². The average molecular weight is 402 g/mol. The number of hydrogen-bond donors (Lipinski definition) is 2. The van der Waals surface area contributed by atoms with Crippen LogP contribution in [0.15, 0.2) is 23.1 Å². The molecule has 0 heterocycles. The molecule has 0 fully saturated rings. The molecule has 0 radical (unpaired) electrons. The summed E-state index contributed by atoms with van der Waals surface area (Å²) in [5, 5.41) is 31.3. The summed E-state index contributed by atoms with van der Waals surface area (Å²) in [6, 6.07) is 2.67. The van der Waals surface area contributed by atoms with Crippen molar-refractivity contribution in [1.82, 2.24) is 5.32 Å². The van der Waals surface area contributed by atoms with E-state index >= 15 is 0 Å². The zero-order chi connectivity index (χ0) is 20.8. The number of amides is 1. The Balaban J connectivity index is 2.82. The molecule has 0 aliphatic carbocycles. The fourth-order valence-corrected chi connectivity index (χ4v) is 3.24. The van der Waals surface area contributed by atoms with E-state index in [1.165, 1.54) is 5.37 Å². The predicted molar refractivity (Wildman–Crippen MR) is 99.9 cm³/mol. The van der Waals surface area contributed by atoms with E-state index in [4.69, 9.17) is 9.88 Å². The summed E-state index contributed by atoms with van der Waals surface area (Å²) in [6.45, 7) is 5.41. The Kier molecular flexibility index (Phi) is 7.25. The summed E-state index contributed by atoms with van der Waals surface area (Å²) >= 11 is 0. The summed E-state index contributed by atoms with van der Waals surface area (Å²) < 4.78 is 17.6. The monoisotopic (exact) mass is 402 g/mol. The van der Waals surface area contributed by atoms with Crippen LogP contribution in [0.4, 0.5) is 16.2 Å². The van der Waals surface area contributed by atoms with E-state index in [-0.39, 0.29) is 17.9 Å². The second kappa shape index (κ2) is 8.77. The predicted octanol–water partition coefficient (Wildman–Crippen LogP) is 2.13. The maximum Gasteiger partial charge on any atom is 0.407 e. The molecule has 1 atom stereocenters. The van der Waals surface area contributed by atoms with Gasteiger partial charge in [0, 0.05) is 18.7 Å². The van der Waals surface area contributed by atoms with E-state index in [0.717, 1.165) is 18.2 Å². The van der Waals surface area contributed by atoms with E-state index in [0.29, 0.717) is 6.42 Å². The quantitative estimate of drug-likeness (QED) is 0.305. The molecule has 0 saturated heterocycles. The molecular formula is C15H22N4O7S. The summed E-state index contributed by atoms with van der Waals surface area (Å²) in [4.78, 5) is 31.4. The lowest BCUT2D eigenvalue weighted by atomic mass is 10.2. The Morgan fingerprint density at radius 3 is 2.19 bits per heavy atom. The SMILES string of the molecule is CC(C)(C)OC(=O)NCCCC=S(N)(=O)c1cc([N+](=O)[O-])cc([N+](=O)[O-])c1. The fourth-order valence-electron chi connectivity index (χ4n) is 1.92. The van der Waals surface area contributed by atoms with Crippen LogP contribution < -0.4 is 10.5 Å². The molecule has 1 rings (SSSR count). The molecule has 1 amide bonds. The summed E-state index contributed by atoms with van der Waals surface area (Å²) in [7, 11) is -3.33. The second-order valence-corrected chi connectivity index (χ2v) is 8.68. The molecule has 1 aromatic rings. The van der Waals surface area contributed by atoms with Crippen molar-refractivity contribution in [3.8, 4) is 0 Å². The number of benzene rings is 1. The molecule has 12 heteroatoms. The minimum absolute atomic E-state index is 0.205. The van der Waals surface area contributed by atoms with Gasteiger partial charge in [0.25, 0.3) is 11.4 Å². The lowest BCUT2D eigenvalue weighted by molar-refractivity contribution is -0.394. The van der Waals surface area contributed by atoms with E-state index < -0.39 is 42.6 Å². The summed E-state index contributed by atoms with van der Waals surface area (Å²) in [5.74, 6) is 0. The topological polar surface area (TPSA) is 168 Å². The first kappa shape index (κ1) is 22.3. The number of alkyl carbamates (subject to hydrolysis) is 1. The lowest BCUT2D eigenvalue weighted by Crippen LogP contribution is -2.33. The van der Waals surface area contributed by atoms with Crippen LogP contribution in [0.2, 0.25) is 0 Å². The highest BCUT2D eigenvalue weighted by Crippen LogP contribution is 2.25. The van der Waals surface area contributed by atoms with Gasteiger partial charge in [-0.2, -0.15) is 0 Å². The molecule has 1 unspecified atom stereocenters. The minimum Gasteiger partial charge on any atom is -0.444 e. The Labute approximate surface area is 156 Å². The van der Waals surface area contributed by atoms with Crippen molar-refractivity contribution < 1.29 is 23.6 Å². The first-order valence-corrected chi connectivity index (χ1v) is 9.56. The van der Waals surface area contributed by atoms with Crippen LogP contribution in [0.25, 0.3) is 0 Å².